The Morgan fingerprint density at radius 1 is 1.32 bits per heavy atom. The van der Waals surface area contributed by atoms with Crippen molar-refractivity contribution in [2.75, 3.05) is 13.2 Å². The largest absolute Gasteiger partial charge is 0.486 e. The van der Waals surface area contributed by atoms with Crippen LogP contribution in [0.15, 0.2) is 18.2 Å². The molecule has 0 amide bonds. The maximum absolute atomic E-state index is 13.1. The summed E-state index contributed by atoms with van der Waals surface area (Å²) in [7, 11) is 1.53. The Hall–Kier alpha value is -2.64. The van der Waals surface area contributed by atoms with E-state index in [0.717, 1.165) is 0 Å². The summed E-state index contributed by atoms with van der Waals surface area (Å²) >= 11 is 0. The zero-order valence-corrected chi connectivity index (χ0v) is 11.5. The fourth-order valence-electron chi connectivity index (χ4n) is 2.32. The van der Waals surface area contributed by atoms with Crippen LogP contribution < -0.4 is 9.47 Å². The quantitative estimate of drug-likeness (QED) is 0.943. The molecule has 0 bridgehead atoms. The van der Waals surface area contributed by atoms with Crippen LogP contribution >= 0.6 is 0 Å². The van der Waals surface area contributed by atoms with E-state index >= 15 is 0 Å². The van der Waals surface area contributed by atoms with E-state index in [9.17, 15) is 13.6 Å². The number of carbonyl (C=O) groups is 1. The van der Waals surface area contributed by atoms with Gasteiger partial charge in [0.25, 0.3) is 6.43 Å². The summed E-state index contributed by atoms with van der Waals surface area (Å²) in [6, 6.07) is 3.81. The molecule has 0 aliphatic carbocycles. The third-order valence-corrected chi connectivity index (χ3v) is 3.29. The van der Waals surface area contributed by atoms with Crippen LogP contribution in [-0.4, -0.2) is 34.1 Å². The molecule has 2 aromatic rings. The van der Waals surface area contributed by atoms with E-state index in [2.05, 4.69) is 5.10 Å². The second-order valence-corrected chi connectivity index (χ2v) is 4.74. The molecule has 2 heterocycles. The number of ether oxygens (including phenoxy) is 2. The van der Waals surface area contributed by atoms with E-state index in [1.807, 2.05) is 0 Å². The average Bonchev–Trinajstić information content (AvgIpc) is 2.88. The van der Waals surface area contributed by atoms with Gasteiger partial charge >= 0.3 is 5.97 Å². The zero-order valence-electron chi connectivity index (χ0n) is 11.5. The van der Waals surface area contributed by atoms with E-state index in [0.29, 0.717) is 17.0 Å². The minimum atomic E-state index is -2.68. The number of benzene rings is 1. The van der Waals surface area contributed by atoms with Gasteiger partial charge in [-0.15, -0.1) is 0 Å². The minimum absolute atomic E-state index is 0.176. The van der Waals surface area contributed by atoms with E-state index < -0.39 is 12.4 Å². The van der Waals surface area contributed by atoms with Crippen LogP contribution in [0.1, 0.15) is 22.5 Å². The van der Waals surface area contributed by atoms with Crippen LogP contribution in [0.25, 0.3) is 11.3 Å². The molecule has 1 aromatic carbocycles. The summed E-state index contributed by atoms with van der Waals surface area (Å²) < 4.78 is 38.3. The fraction of sp³-hybridized carbons (Fsp3) is 0.286. The summed E-state index contributed by atoms with van der Waals surface area (Å²) in [6.07, 6.45) is -2.68. The monoisotopic (exact) mass is 310 g/mol. The Morgan fingerprint density at radius 2 is 2.05 bits per heavy atom. The second kappa shape index (κ2) is 5.28. The van der Waals surface area contributed by atoms with E-state index in [-0.39, 0.29) is 30.2 Å². The number of fused-ring (bicyclic) bond motifs is 1. The van der Waals surface area contributed by atoms with Crippen molar-refractivity contribution < 1.29 is 28.2 Å². The molecular weight excluding hydrogens is 298 g/mol. The lowest BCUT2D eigenvalue weighted by molar-refractivity contribution is 0.0689. The van der Waals surface area contributed by atoms with Gasteiger partial charge in [0.05, 0.1) is 5.69 Å². The van der Waals surface area contributed by atoms with Crippen molar-refractivity contribution in [2.45, 2.75) is 6.43 Å². The molecule has 1 aromatic heterocycles. The summed E-state index contributed by atoms with van der Waals surface area (Å²) in [5.74, 6) is -0.661. The Labute approximate surface area is 123 Å². The van der Waals surface area contributed by atoms with E-state index in [4.69, 9.17) is 14.6 Å². The summed E-state index contributed by atoms with van der Waals surface area (Å²) in [4.78, 5) is 11.0. The van der Waals surface area contributed by atoms with Crippen LogP contribution in [0, 0.1) is 0 Å². The third-order valence-electron chi connectivity index (χ3n) is 3.29. The molecule has 0 saturated heterocycles. The van der Waals surface area contributed by atoms with Crippen molar-refractivity contribution in [1.29, 1.82) is 0 Å². The van der Waals surface area contributed by atoms with Gasteiger partial charge in [-0.3, -0.25) is 4.68 Å². The molecule has 0 spiro atoms. The number of nitrogens with zero attached hydrogens (tertiary/aromatic N) is 2. The van der Waals surface area contributed by atoms with Gasteiger partial charge in [0.2, 0.25) is 0 Å². The van der Waals surface area contributed by atoms with Gasteiger partial charge in [0.15, 0.2) is 17.2 Å². The maximum Gasteiger partial charge on any atom is 0.356 e. The zero-order chi connectivity index (χ0) is 15.9. The SMILES string of the molecule is Cn1nc(C(=O)O)cc1-c1cc(C(F)F)cc2c1OCCO2. The van der Waals surface area contributed by atoms with Crippen LogP contribution in [0.5, 0.6) is 11.5 Å². The first-order chi connectivity index (χ1) is 10.5. The molecule has 0 radical (unpaired) electrons. The number of hydrogen-bond donors (Lipinski definition) is 1. The topological polar surface area (TPSA) is 73.6 Å². The predicted octanol–water partition coefficient (Wildman–Crippen LogP) is 2.49. The highest BCUT2D eigenvalue weighted by Gasteiger charge is 2.24. The van der Waals surface area contributed by atoms with Crippen LogP contribution in [0.4, 0.5) is 8.78 Å². The highest BCUT2D eigenvalue weighted by molar-refractivity contribution is 5.87. The molecule has 0 atom stereocenters. The number of rotatable bonds is 3. The molecule has 0 saturated carbocycles. The molecule has 1 aliphatic heterocycles. The lowest BCUT2D eigenvalue weighted by Gasteiger charge is -2.22. The Bertz CT molecular complexity index is 743. The van der Waals surface area contributed by atoms with Crippen molar-refractivity contribution >= 4 is 5.97 Å². The summed E-state index contributed by atoms with van der Waals surface area (Å²) in [5.41, 5.74) is 0.291. The van der Waals surface area contributed by atoms with Crippen LogP contribution in [0.2, 0.25) is 0 Å². The van der Waals surface area contributed by atoms with Gasteiger partial charge in [-0.2, -0.15) is 5.10 Å². The van der Waals surface area contributed by atoms with Gasteiger partial charge in [0.1, 0.15) is 13.2 Å². The lowest BCUT2D eigenvalue weighted by Crippen LogP contribution is -2.16. The van der Waals surface area contributed by atoms with Crippen LogP contribution in [-0.2, 0) is 7.05 Å². The Balaban J connectivity index is 2.20. The number of halogens is 2. The average molecular weight is 310 g/mol. The van der Waals surface area contributed by atoms with Gasteiger partial charge < -0.3 is 14.6 Å². The number of aryl methyl sites for hydroxylation is 1. The Kier molecular flexibility index (Phi) is 3.44. The number of hydrogen-bond acceptors (Lipinski definition) is 4. The van der Waals surface area contributed by atoms with Gasteiger partial charge in [-0.05, 0) is 18.2 Å². The van der Waals surface area contributed by atoms with Crippen molar-refractivity contribution in [3.05, 3.63) is 29.5 Å². The number of carboxylic acids is 1. The number of aromatic nitrogens is 2. The van der Waals surface area contributed by atoms with Gasteiger partial charge in [0, 0.05) is 18.2 Å². The third kappa shape index (κ3) is 2.36. The number of carboxylic acid groups (broad SMARTS) is 1. The van der Waals surface area contributed by atoms with Crippen molar-refractivity contribution in [3.8, 4) is 22.8 Å². The molecule has 0 fully saturated rings. The maximum atomic E-state index is 13.1. The smallest absolute Gasteiger partial charge is 0.356 e. The molecule has 22 heavy (non-hydrogen) atoms. The first-order valence-corrected chi connectivity index (χ1v) is 6.46. The highest BCUT2D eigenvalue weighted by atomic mass is 19.3. The number of alkyl halides is 2. The minimum Gasteiger partial charge on any atom is -0.486 e. The second-order valence-electron chi connectivity index (χ2n) is 4.74. The molecule has 3 rings (SSSR count). The first kappa shape index (κ1) is 14.3. The molecule has 8 heteroatoms. The van der Waals surface area contributed by atoms with E-state index in [1.165, 1.54) is 29.9 Å². The van der Waals surface area contributed by atoms with Crippen molar-refractivity contribution in [3.63, 3.8) is 0 Å². The standard InChI is InChI=1S/C14H12F2N2O4/c1-18-10(6-9(17-18)14(19)20)8-4-7(13(15)16)5-11-12(8)22-3-2-21-11/h4-6,13H,2-3H2,1H3,(H,19,20). The molecule has 6 nitrogen and oxygen atoms in total. The Morgan fingerprint density at radius 3 is 2.68 bits per heavy atom. The highest BCUT2D eigenvalue weighted by Crippen LogP contribution is 2.43. The molecule has 116 valence electrons. The normalized spacial score (nSPS) is 13.5. The van der Waals surface area contributed by atoms with E-state index in [1.54, 1.807) is 0 Å². The van der Waals surface area contributed by atoms with Gasteiger partial charge in [-0.1, -0.05) is 0 Å². The van der Waals surface area contributed by atoms with Crippen LogP contribution in [0.3, 0.4) is 0 Å². The van der Waals surface area contributed by atoms with Crippen molar-refractivity contribution in [1.82, 2.24) is 9.78 Å². The molecule has 1 N–H and O–H groups in total. The first-order valence-electron chi connectivity index (χ1n) is 6.46. The predicted molar refractivity (Wildman–Crippen MR) is 71.6 cm³/mol. The van der Waals surface area contributed by atoms with Gasteiger partial charge in [-0.25, -0.2) is 13.6 Å². The molecular formula is C14H12F2N2O4. The molecule has 0 unspecified atom stereocenters. The number of aromatic carboxylic acids is 1. The summed E-state index contributed by atoms with van der Waals surface area (Å²) in [5, 5.41) is 12.8. The van der Waals surface area contributed by atoms with Crippen molar-refractivity contribution in [2.24, 2.45) is 7.05 Å². The lowest BCUT2D eigenvalue weighted by atomic mass is 10.0. The molecule has 1 aliphatic rings. The summed E-state index contributed by atoms with van der Waals surface area (Å²) in [6.45, 7) is 0.558. The fourth-order valence-corrected chi connectivity index (χ4v) is 2.32.